The number of carbonyl (C=O) groups excluding carboxylic acids is 2. The highest BCUT2D eigenvalue weighted by Gasteiger charge is 2.28. The van der Waals surface area contributed by atoms with Gasteiger partial charge >= 0.3 is 6.09 Å². The Kier molecular flexibility index (Phi) is 9.56. The van der Waals surface area contributed by atoms with Crippen LogP contribution in [0, 0.1) is 5.92 Å². The molecule has 1 N–H and O–H groups in total. The lowest BCUT2D eigenvalue weighted by molar-refractivity contribution is -0.120. The predicted molar refractivity (Wildman–Crippen MR) is 140 cm³/mol. The van der Waals surface area contributed by atoms with Gasteiger partial charge in [0, 0.05) is 24.1 Å². The van der Waals surface area contributed by atoms with Crippen LogP contribution in [0.3, 0.4) is 0 Å². The number of allylic oxidation sites excluding steroid dienone is 2. The van der Waals surface area contributed by atoms with Crippen LogP contribution >= 0.6 is 0 Å². The van der Waals surface area contributed by atoms with E-state index in [2.05, 4.69) is 28.6 Å². The number of imidazole rings is 1. The van der Waals surface area contributed by atoms with Crippen LogP contribution in [0.4, 0.5) is 10.5 Å². The third-order valence-corrected chi connectivity index (χ3v) is 5.29. The number of benzene rings is 1. The Morgan fingerprint density at radius 3 is 2.56 bits per heavy atom. The quantitative estimate of drug-likeness (QED) is 0.318. The van der Waals surface area contributed by atoms with E-state index in [0.717, 1.165) is 24.1 Å². The summed E-state index contributed by atoms with van der Waals surface area (Å²) in [7, 11) is 0. The molecule has 2 heterocycles. The molecule has 1 aromatic carbocycles. The van der Waals surface area contributed by atoms with Gasteiger partial charge in [0.2, 0.25) is 5.88 Å². The number of nitrogens with zero attached hydrogens (tertiary/aromatic N) is 3. The highest BCUT2D eigenvalue weighted by atomic mass is 16.5. The summed E-state index contributed by atoms with van der Waals surface area (Å²) in [5.41, 5.74) is 2.84. The molecule has 4 rings (SSSR count). The van der Waals surface area contributed by atoms with Crippen LogP contribution in [-0.2, 0) is 16.0 Å². The summed E-state index contributed by atoms with van der Waals surface area (Å²) in [5, 5.41) is 7.09. The van der Waals surface area contributed by atoms with Gasteiger partial charge in [-0.05, 0) is 55.2 Å². The molecule has 1 fully saturated rings. The average Bonchev–Trinajstić information content (AvgIpc) is 3.67. The zero-order valence-electron chi connectivity index (χ0n) is 20.8. The van der Waals surface area contributed by atoms with Gasteiger partial charge < -0.3 is 9.47 Å². The summed E-state index contributed by atoms with van der Waals surface area (Å²) in [6, 6.07) is 10.4. The molecule has 1 aliphatic rings. The Balaban J connectivity index is 0.00000176. The summed E-state index contributed by atoms with van der Waals surface area (Å²) < 4.78 is 12.6. The topological polar surface area (TPSA) is 94.8 Å². The molecule has 0 radical (unpaired) electrons. The molecule has 36 heavy (non-hydrogen) atoms. The van der Waals surface area contributed by atoms with Gasteiger partial charge in [0.25, 0.3) is 0 Å². The summed E-state index contributed by atoms with van der Waals surface area (Å²) in [4.78, 5) is 28.4. The second kappa shape index (κ2) is 13.0. The number of nitrogens with one attached hydrogen (secondary N) is 1. The van der Waals surface area contributed by atoms with E-state index in [1.807, 2.05) is 26.1 Å². The van der Waals surface area contributed by atoms with Crippen molar-refractivity contribution >= 4 is 23.2 Å². The lowest BCUT2D eigenvalue weighted by Crippen LogP contribution is -2.14. The number of rotatable bonds is 11. The molecule has 0 spiro atoms. The highest BCUT2D eigenvalue weighted by molar-refractivity contribution is 5.84. The molecule has 3 aromatic rings. The molecule has 1 amide bonds. The van der Waals surface area contributed by atoms with Crippen molar-refractivity contribution in [3.8, 4) is 11.6 Å². The van der Waals surface area contributed by atoms with Crippen molar-refractivity contribution in [2.75, 3.05) is 11.9 Å². The van der Waals surface area contributed by atoms with Gasteiger partial charge in [-0.25, -0.2) is 14.3 Å². The Bertz CT molecular complexity index is 1240. The Morgan fingerprint density at radius 2 is 1.89 bits per heavy atom. The lowest BCUT2D eigenvalue weighted by Gasteiger charge is -2.09. The highest BCUT2D eigenvalue weighted by Crippen LogP contribution is 2.31. The van der Waals surface area contributed by atoms with E-state index >= 15 is 0 Å². The minimum Gasteiger partial charge on any atom is -0.444 e. The first-order valence-corrected chi connectivity index (χ1v) is 12.1. The van der Waals surface area contributed by atoms with E-state index in [1.54, 1.807) is 53.1 Å². The van der Waals surface area contributed by atoms with Gasteiger partial charge in [0.05, 0.1) is 11.9 Å². The molecule has 1 saturated carbocycles. The molecular formula is C28H32N4O4. The Morgan fingerprint density at radius 1 is 1.14 bits per heavy atom. The first-order chi connectivity index (χ1) is 17.5. The number of Topliss-reactive ketones (excluding diaryl/α,β-unsaturated/α-hetero) is 1. The molecule has 2 aromatic heterocycles. The molecule has 0 bridgehead atoms. The smallest absolute Gasteiger partial charge is 0.411 e. The first-order valence-electron chi connectivity index (χ1n) is 12.1. The zero-order chi connectivity index (χ0) is 25.9. The monoisotopic (exact) mass is 488 g/mol. The van der Waals surface area contributed by atoms with Gasteiger partial charge in [-0.2, -0.15) is 0 Å². The van der Waals surface area contributed by atoms with E-state index in [1.165, 1.54) is 0 Å². The molecule has 0 unspecified atom stereocenters. The van der Waals surface area contributed by atoms with E-state index in [9.17, 15) is 9.59 Å². The first kappa shape index (κ1) is 26.4. The summed E-state index contributed by atoms with van der Waals surface area (Å²) in [6.45, 7) is 11.4. The Labute approximate surface area is 211 Å². The van der Waals surface area contributed by atoms with E-state index < -0.39 is 6.09 Å². The minimum atomic E-state index is -0.577. The maximum Gasteiger partial charge on any atom is 0.411 e. The van der Waals surface area contributed by atoms with Crippen molar-refractivity contribution in [2.24, 2.45) is 5.92 Å². The molecule has 0 saturated heterocycles. The second-order valence-corrected chi connectivity index (χ2v) is 7.96. The van der Waals surface area contributed by atoms with Crippen LogP contribution < -0.4 is 10.1 Å². The van der Waals surface area contributed by atoms with Crippen molar-refractivity contribution < 1.29 is 19.1 Å². The van der Waals surface area contributed by atoms with Gasteiger partial charge in [-0.1, -0.05) is 45.2 Å². The SMILES string of the molecule is C=C/C=C(\C=C)COC(=O)Nc1ccc(Oc2ccc3nc(CCC(=O)C4CC4)cn3n2)cc1.CC. The van der Waals surface area contributed by atoms with Crippen LogP contribution in [-0.4, -0.2) is 33.1 Å². The van der Waals surface area contributed by atoms with Crippen molar-refractivity contribution in [3.05, 3.63) is 85.2 Å². The van der Waals surface area contributed by atoms with Gasteiger partial charge in [-0.15, -0.1) is 5.10 Å². The molecule has 8 nitrogen and oxygen atoms in total. The number of fused-ring (bicyclic) bond motifs is 1. The van der Waals surface area contributed by atoms with Gasteiger partial charge in [0.15, 0.2) is 5.65 Å². The van der Waals surface area contributed by atoms with Crippen LogP contribution in [0.1, 0.15) is 38.8 Å². The van der Waals surface area contributed by atoms with Crippen molar-refractivity contribution in [1.29, 1.82) is 0 Å². The van der Waals surface area contributed by atoms with Crippen molar-refractivity contribution in [3.63, 3.8) is 0 Å². The van der Waals surface area contributed by atoms with Gasteiger partial charge in [-0.3, -0.25) is 10.1 Å². The van der Waals surface area contributed by atoms with E-state index in [4.69, 9.17) is 9.47 Å². The molecule has 0 aliphatic heterocycles. The number of carbonyl (C=O) groups is 2. The number of hydrogen-bond acceptors (Lipinski definition) is 6. The van der Waals surface area contributed by atoms with Crippen molar-refractivity contribution in [2.45, 2.75) is 39.5 Å². The van der Waals surface area contributed by atoms with E-state index in [-0.39, 0.29) is 12.5 Å². The van der Waals surface area contributed by atoms with Gasteiger partial charge in [0.1, 0.15) is 18.1 Å². The second-order valence-electron chi connectivity index (χ2n) is 7.96. The number of hydrogen-bond donors (Lipinski definition) is 1. The van der Waals surface area contributed by atoms with Crippen LogP contribution in [0.2, 0.25) is 0 Å². The summed E-state index contributed by atoms with van der Waals surface area (Å²) in [6.07, 6.45) is 9.36. The Hall–Kier alpha value is -4.20. The van der Waals surface area contributed by atoms with E-state index in [0.29, 0.717) is 41.6 Å². The van der Waals surface area contributed by atoms with Crippen LogP contribution in [0.25, 0.3) is 5.65 Å². The maximum atomic E-state index is 12.0. The van der Waals surface area contributed by atoms with Crippen LogP contribution in [0.15, 0.2) is 79.6 Å². The number of ether oxygens (including phenoxy) is 2. The number of ketones is 1. The van der Waals surface area contributed by atoms with Crippen LogP contribution in [0.5, 0.6) is 11.6 Å². The number of aryl methyl sites for hydroxylation is 1. The fraction of sp³-hybridized carbons (Fsp3) is 0.286. The third-order valence-electron chi connectivity index (χ3n) is 5.29. The predicted octanol–water partition coefficient (Wildman–Crippen LogP) is 6.31. The van der Waals surface area contributed by atoms with Crippen molar-refractivity contribution in [1.82, 2.24) is 14.6 Å². The summed E-state index contributed by atoms with van der Waals surface area (Å²) in [5.74, 6) is 1.55. The number of anilines is 1. The standard InChI is InChI=1S/C26H26N4O4.C2H6/c1-3-5-18(4-2)17-33-26(32)28-20-8-11-22(12-9-20)34-25-15-14-24-27-21(16-30(24)29-25)10-13-23(31)19-6-7-19;1-2/h3-5,8-9,11-12,14-16,19H,1-2,6-7,10,13,17H2,(H,28,32);1-2H3/b18-5+;. The normalized spacial score (nSPS) is 12.8. The number of amides is 1. The molecular weight excluding hydrogens is 456 g/mol. The minimum absolute atomic E-state index is 0.101. The zero-order valence-corrected chi connectivity index (χ0v) is 20.8. The fourth-order valence-corrected chi connectivity index (χ4v) is 3.31. The molecule has 8 heteroatoms. The number of aromatic nitrogens is 3. The largest absolute Gasteiger partial charge is 0.444 e. The maximum absolute atomic E-state index is 12.0. The lowest BCUT2D eigenvalue weighted by atomic mass is 10.1. The molecule has 1 aliphatic carbocycles. The average molecular weight is 489 g/mol. The molecule has 0 atom stereocenters. The third kappa shape index (κ3) is 7.66. The summed E-state index contributed by atoms with van der Waals surface area (Å²) >= 11 is 0. The molecule has 188 valence electrons. The fourth-order valence-electron chi connectivity index (χ4n) is 3.31.